The van der Waals surface area contributed by atoms with Crippen molar-refractivity contribution in [1.29, 1.82) is 0 Å². The molecule has 0 unspecified atom stereocenters. The molecule has 2 heterocycles. The van der Waals surface area contributed by atoms with Gasteiger partial charge >= 0.3 is 0 Å². The largest absolute Gasteiger partial charge is 0.357 e. The number of likely N-dealkylation sites (tertiary alicyclic amines) is 1. The molecule has 2 rings (SSSR count). The zero-order valence-electron chi connectivity index (χ0n) is 15.0. The second-order valence-corrected chi connectivity index (χ2v) is 6.29. The summed E-state index contributed by atoms with van der Waals surface area (Å²) in [5.74, 6) is 1.77. The van der Waals surface area contributed by atoms with E-state index in [2.05, 4.69) is 40.6 Å². The van der Waals surface area contributed by atoms with E-state index in [1.165, 1.54) is 32.4 Å². The molecule has 0 radical (unpaired) electrons. The summed E-state index contributed by atoms with van der Waals surface area (Å²) < 4.78 is 0. The van der Waals surface area contributed by atoms with Gasteiger partial charge in [0, 0.05) is 37.9 Å². The number of nitrogens with one attached hydrogen (secondary N) is 2. The number of hydrogen-bond donors (Lipinski definition) is 2. The Morgan fingerprint density at radius 2 is 2.08 bits per heavy atom. The van der Waals surface area contributed by atoms with Gasteiger partial charge < -0.3 is 15.5 Å². The molecule has 1 saturated heterocycles. The molecule has 0 saturated carbocycles. The summed E-state index contributed by atoms with van der Waals surface area (Å²) in [6.07, 6.45) is 6.59. The molecule has 1 aliphatic rings. The molecule has 0 spiro atoms. The number of pyridine rings is 1. The van der Waals surface area contributed by atoms with Gasteiger partial charge in [-0.15, -0.1) is 24.0 Å². The quantitative estimate of drug-likeness (QED) is 0.385. The first-order valence-corrected chi connectivity index (χ1v) is 8.88. The van der Waals surface area contributed by atoms with E-state index >= 15 is 0 Å². The highest BCUT2D eigenvalue weighted by molar-refractivity contribution is 14.0. The Morgan fingerprint density at radius 1 is 1.29 bits per heavy atom. The van der Waals surface area contributed by atoms with Crippen LogP contribution in [-0.4, -0.2) is 55.6 Å². The van der Waals surface area contributed by atoms with Gasteiger partial charge in [-0.05, 0) is 64.4 Å². The van der Waals surface area contributed by atoms with Crippen LogP contribution in [0.4, 0.5) is 0 Å². The van der Waals surface area contributed by atoms with Crippen molar-refractivity contribution in [3.63, 3.8) is 0 Å². The summed E-state index contributed by atoms with van der Waals surface area (Å²) in [7, 11) is 2.21. The van der Waals surface area contributed by atoms with Gasteiger partial charge in [-0.2, -0.15) is 0 Å². The fourth-order valence-electron chi connectivity index (χ4n) is 2.91. The van der Waals surface area contributed by atoms with Gasteiger partial charge in [-0.1, -0.05) is 6.07 Å². The van der Waals surface area contributed by atoms with Crippen molar-refractivity contribution in [3.05, 3.63) is 30.1 Å². The summed E-state index contributed by atoms with van der Waals surface area (Å²) in [5.41, 5.74) is 1.11. The number of aliphatic imine (C=N–C) groups is 1. The smallest absolute Gasteiger partial charge is 0.191 e. The van der Waals surface area contributed by atoms with E-state index in [-0.39, 0.29) is 24.0 Å². The average molecular weight is 445 g/mol. The van der Waals surface area contributed by atoms with Crippen LogP contribution in [0.25, 0.3) is 0 Å². The van der Waals surface area contributed by atoms with Gasteiger partial charge in [0.1, 0.15) is 0 Å². The van der Waals surface area contributed by atoms with Crippen LogP contribution in [0.2, 0.25) is 0 Å². The molecule has 0 aliphatic carbocycles. The van der Waals surface area contributed by atoms with Crippen molar-refractivity contribution >= 4 is 29.9 Å². The molecule has 1 aliphatic heterocycles. The summed E-state index contributed by atoms with van der Waals surface area (Å²) >= 11 is 0. The highest BCUT2D eigenvalue weighted by Crippen LogP contribution is 2.19. The SMILES string of the molecule is CCNC(=NCCC1CCN(C)CC1)NCCc1ccccn1.I. The van der Waals surface area contributed by atoms with Crippen LogP contribution in [-0.2, 0) is 6.42 Å². The minimum atomic E-state index is 0. The topological polar surface area (TPSA) is 52.6 Å². The fourth-order valence-corrected chi connectivity index (χ4v) is 2.91. The summed E-state index contributed by atoms with van der Waals surface area (Å²) in [6, 6.07) is 6.04. The molecule has 1 aromatic rings. The van der Waals surface area contributed by atoms with E-state index in [4.69, 9.17) is 4.99 Å². The minimum Gasteiger partial charge on any atom is -0.357 e. The first kappa shape index (κ1) is 21.2. The van der Waals surface area contributed by atoms with Gasteiger partial charge in [-0.3, -0.25) is 9.98 Å². The monoisotopic (exact) mass is 445 g/mol. The Balaban J connectivity index is 0.00000288. The van der Waals surface area contributed by atoms with Crippen molar-refractivity contribution in [3.8, 4) is 0 Å². The van der Waals surface area contributed by atoms with Gasteiger partial charge in [0.2, 0.25) is 0 Å². The fraction of sp³-hybridized carbons (Fsp3) is 0.667. The Kier molecular flexibility index (Phi) is 11.0. The van der Waals surface area contributed by atoms with Gasteiger partial charge in [0.25, 0.3) is 0 Å². The standard InChI is InChI=1S/C18H31N5.HI/c1-3-19-18(22-13-8-17-6-4-5-11-20-17)21-12-7-16-9-14-23(2)15-10-16;/h4-6,11,16H,3,7-10,12-15H2,1-2H3,(H2,19,21,22);1H. The van der Waals surface area contributed by atoms with E-state index < -0.39 is 0 Å². The lowest BCUT2D eigenvalue weighted by molar-refractivity contribution is 0.214. The van der Waals surface area contributed by atoms with E-state index in [0.29, 0.717) is 0 Å². The molecular formula is C18H32IN5. The molecule has 1 fully saturated rings. The highest BCUT2D eigenvalue weighted by atomic mass is 127. The first-order valence-electron chi connectivity index (χ1n) is 8.88. The Bertz CT molecular complexity index is 458. The normalized spacial score (nSPS) is 16.5. The van der Waals surface area contributed by atoms with Crippen molar-refractivity contribution < 1.29 is 0 Å². The van der Waals surface area contributed by atoms with Crippen LogP contribution in [0.1, 0.15) is 31.9 Å². The third-order valence-electron chi connectivity index (χ3n) is 4.39. The zero-order chi connectivity index (χ0) is 16.3. The second-order valence-electron chi connectivity index (χ2n) is 6.29. The van der Waals surface area contributed by atoms with Crippen molar-refractivity contribution in [2.75, 3.05) is 39.8 Å². The number of hydrogen-bond acceptors (Lipinski definition) is 3. The van der Waals surface area contributed by atoms with Gasteiger partial charge in [0.05, 0.1) is 0 Å². The van der Waals surface area contributed by atoms with Crippen molar-refractivity contribution in [2.24, 2.45) is 10.9 Å². The first-order chi connectivity index (χ1) is 11.3. The number of piperidine rings is 1. The Hall–Kier alpha value is -0.890. The number of aromatic nitrogens is 1. The molecule has 0 bridgehead atoms. The number of rotatable bonds is 7. The number of guanidine groups is 1. The van der Waals surface area contributed by atoms with Crippen LogP contribution in [0.3, 0.4) is 0 Å². The predicted octanol–water partition coefficient (Wildman–Crippen LogP) is 2.53. The third-order valence-corrected chi connectivity index (χ3v) is 4.39. The summed E-state index contributed by atoms with van der Waals surface area (Å²) in [5, 5.41) is 6.73. The molecule has 2 N–H and O–H groups in total. The van der Waals surface area contributed by atoms with Gasteiger partial charge in [0.15, 0.2) is 5.96 Å². The summed E-state index contributed by atoms with van der Waals surface area (Å²) in [6.45, 7) is 7.23. The maximum atomic E-state index is 4.72. The molecule has 6 heteroatoms. The van der Waals surface area contributed by atoms with E-state index in [0.717, 1.165) is 43.6 Å². The number of nitrogens with zero attached hydrogens (tertiary/aromatic N) is 3. The van der Waals surface area contributed by atoms with E-state index in [9.17, 15) is 0 Å². The van der Waals surface area contributed by atoms with Crippen LogP contribution < -0.4 is 10.6 Å². The van der Waals surface area contributed by atoms with E-state index in [1.54, 1.807) is 0 Å². The molecule has 136 valence electrons. The molecule has 24 heavy (non-hydrogen) atoms. The van der Waals surface area contributed by atoms with Crippen LogP contribution in [0, 0.1) is 5.92 Å². The maximum absolute atomic E-state index is 4.72. The molecule has 0 amide bonds. The highest BCUT2D eigenvalue weighted by Gasteiger charge is 2.15. The minimum absolute atomic E-state index is 0. The van der Waals surface area contributed by atoms with Crippen LogP contribution in [0.15, 0.2) is 29.4 Å². The lowest BCUT2D eigenvalue weighted by Gasteiger charge is -2.28. The number of halogens is 1. The lowest BCUT2D eigenvalue weighted by Crippen LogP contribution is -2.38. The zero-order valence-corrected chi connectivity index (χ0v) is 17.3. The summed E-state index contributed by atoms with van der Waals surface area (Å²) in [4.78, 5) is 11.5. The van der Waals surface area contributed by atoms with E-state index in [1.807, 2.05) is 18.3 Å². The molecule has 0 atom stereocenters. The predicted molar refractivity (Wildman–Crippen MR) is 112 cm³/mol. The maximum Gasteiger partial charge on any atom is 0.191 e. The van der Waals surface area contributed by atoms with Crippen molar-refractivity contribution in [2.45, 2.75) is 32.6 Å². The molecule has 0 aromatic carbocycles. The molecule has 1 aromatic heterocycles. The molecule has 5 nitrogen and oxygen atoms in total. The lowest BCUT2D eigenvalue weighted by atomic mass is 9.94. The average Bonchev–Trinajstić information content (AvgIpc) is 2.58. The van der Waals surface area contributed by atoms with Crippen LogP contribution in [0.5, 0.6) is 0 Å². The third kappa shape index (κ3) is 8.28. The second kappa shape index (κ2) is 12.5. The van der Waals surface area contributed by atoms with Gasteiger partial charge in [-0.25, -0.2) is 0 Å². The molecular weight excluding hydrogens is 413 g/mol. The van der Waals surface area contributed by atoms with Crippen LogP contribution >= 0.6 is 24.0 Å². The Labute approximate surface area is 163 Å². The van der Waals surface area contributed by atoms with Crippen molar-refractivity contribution in [1.82, 2.24) is 20.5 Å². The Morgan fingerprint density at radius 3 is 2.75 bits per heavy atom.